The van der Waals surface area contributed by atoms with Crippen LogP contribution in [0.15, 0.2) is 66.7 Å². The van der Waals surface area contributed by atoms with Crippen molar-refractivity contribution in [3.05, 3.63) is 87.9 Å². The highest BCUT2D eigenvalue weighted by Crippen LogP contribution is 2.78. The van der Waals surface area contributed by atoms with Crippen LogP contribution in [0.4, 0.5) is 32.0 Å². The molecule has 2 fully saturated rings. The standard InChI is InChI=1S/C26H17Cl2F6NO4/c1-23-20(21(36)35(22(23)37)17-11-15(27)10-16(28)12-17)24(23,13-2-6-18(7-3-13)38-25(29,30)31)14-4-8-19(9-5-14)39-26(32,33)34/h2-12,20-21,36H,1H3/t20-,21?,23-/m1/s1. The number of fused-ring (bicyclic) bond motifs is 1. The number of anilines is 1. The molecule has 3 atom stereocenters. The van der Waals surface area contributed by atoms with Crippen LogP contribution in [0.5, 0.6) is 11.5 Å². The molecule has 3 aromatic rings. The van der Waals surface area contributed by atoms with Crippen LogP contribution in [-0.4, -0.2) is 30.0 Å². The first-order chi connectivity index (χ1) is 18.1. The molecule has 2 aliphatic rings. The second kappa shape index (κ2) is 8.94. The summed E-state index contributed by atoms with van der Waals surface area (Å²) in [6.07, 6.45) is -11.3. The molecule has 1 aliphatic carbocycles. The van der Waals surface area contributed by atoms with Crippen molar-refractivity contribution in [2.45, 2.75) is 31.3 Å². The lowest BCUT2D eigenvalue weighted by molar-refractivity contribution is -0.275. The Morgan fingerprint density at radius 1 is 0.795 bits per heavy atom. The van der Waals surface area contributed by atoms with Gasteiger partial charge >= 0.3 is 12.7 Å². The van der Waals surface area contributed by atoms with E-state index in [4.69, 9.17) is 23.2 Å². The number of aliphatic hydroxyl groups excluding tert-OH is 1. The fourth-order valence-corrected chi connectivity index (χ4v) is 6.42. The number of amides is 1. The summed E-state index contributed by atoms with van der Waals surface area (Å²) in [6, 6.07) is 13.9. The minimum Gasteiger partial charge on any atom is -0.406 e. The summed E-state index contributed by atoms with van der Waals surface area (Å²) < 4.78 is 84.1. The van der Waals surface area contributed by atoms with Crippen molar-refractivity contribution in [2.24, 2.45) is 11.3 Å². The highest BCUT2D eigenvalue weighted by atomic mass is 35.5. The number of rotatable bonds is 5. The van der Waals surface area contributed by atoms with Gasteiger partial charge < -0.3 is 14.6 Å². The van der Waals surface area contributed by atoms with Gasteiger partial charge in [0.2, 0.25) is 5.91 Å². The number of halogens is 8. The molecule has 1 saturated heterocycles. The summed E-state index contributed by atoms with van der Waals surface area (Å²) in [5, 5.41) is 11.9. The van der Waals surface area contributed by atoms with Crippen molar-refractivity contribution in [3.8, 4) is 11.5 Å². The number of hydrogen-bond acceptors (Lipinski definition) is 4. The van der Waals surface area contributed by atoms with Gasteiger partial charge in [-0.1, -0.05) is 47.5 Å². The van der Waals surface area contributed by atoms with E-state index in [0.29, 0.717) is 11.1 Å². The predicted molar refractivity (Wildman–Crippen MR) is 129 cm³/mol. The molecule has 1 N–H and O–H groups in total. The van der Waals surface area contributed by atoms with E-state index in [9.17, 15) is 36.2 Å². The zero-order valence-electron chi connectivity index (χ0n) is 19.6. The van der Waals surface area contributed by atoms with Crippen LogP contribution in [0.3, 0.4) is 0 Å². The van der Waals surface area contributed by atoms with Gasteiger partial charge in [0.1, 0.15) is 17.7 Å². The summed E-state index contributed by atoms with van der Waals surface area (Å²) in [5.41, 5.74) is -1.72. The Labute approximate surface area is 227 Å². The molecule has 0 aromatic heterocycles. The van der Waals surface area contributed by atoms with E-state index in [1.807, 2.05) is 0 Å². The molecule has 206 valence electrons. The lowest BCUT2D eigenvalue weighted by Gasteiger charge is -2.33. The average molecular weight is 592 g/mol. The van der Waals surface area contributed by atoms with Crippen molar-refractivity contribution in [2.75, 3.05) is 4.90 Å². The third-order valence-electron chi connectivity index (χ3n) is 7.26. The topological polar surface area (TPSA) is 59.0 Å². The Hall–Kier alpha value is -3.15. The molecule has 5 nitrogen and oxygen atoms in total. The third kappa shape index (κ3) is 4.46. The van der Waals surface area contributed by atoms with Crippen molar-refractivity contribution < 1.29 is 45.7 Å². The van der Waals surface area contributed by atoms with E-state index in [-0.39, 0.29) is 15.7 Å². The second-order valence-corrected chi connectivity index (χ2v) is 10.2. The maximum Gasteiger partial charge on any atom is 0.573 e. The van der Waals surface area contributed by atoms with Crippen LogP contribution in [-0.2, 0) is 10.2 Å². The molecule has 1 aliphatic heterocycles. The predicted octanol–water partition coefficient (Wildman–Crippen LogP) is 7.08. The highest BCUT2D eigenvalue weighted by Gasteiger charge is 2.86. The van der Waals surface area contributed by atoms with Crippen LogP contribution >= 0.6 is 23.2 Å². The van der Waals surface area contributed by atoms with Gasteiger partial charge in [-0.15, -0.1) is 26.3 Å². The SMILES string of the molecule is C[C@]12C(=O)N(c3cc(Cl)cc(Cl)c3)C(O)[C@H]1C2(c1ccc(OC(F)(F)F)cc1)c1ccc(OC(F)(F)F)cc1. The fraction of sp³-hybridized carbons (Fsp3) is 0.269. The van der Waals surface area contributed by atoms with Gasteiger partial charge in [-0.3, -0.25) is 9.69 Å². The van der Waals surface area contributed by atoms with Crippen molar-refractivity contribution in [3.63, 3.8) is 0 Å². The first kappa shape index (κ1) is 27.4. The molecule has 1 heterocycles. The zero-order valence-corrected chi connectivity index (χ0v) is 21.2. The Bertz CT molecular complexity index is 1350. The van der Waals surface area contributed by atoms with Crippen molar-refractivity contribution in [1.82, 2.24) is 0 Å². The maximum atomic E-state index is 13.9. The smallest absolute Gasteiger partial charge is 0.406 e. The molecule has 0 bridgehead atoms. The van der Waals surface area contributed by atoms with Gasteiger partial charge in [-0.05, 0) is 60.5 Å². The van der Waals surface area contributed by atoms with Crippen LogP contribution in [0.2, 0.25) is 10.0 Å². The summed E-state index contributed by atoms with van der Waals surface area (Å²) in [5.74, 6) is -2.40. The number of benzene rings is 3. The van der Waals surface area contributed by atoms with E-state index in [0.717, 1.165) is 29.2 Å². The Balaban J connectivity index is 1.60. The number of aliphatic hydroxyl groups is 1. The number of carbonyl (C=O) groups is 1. The van der Waals surface area contributed by atoms with E-state index < -0.39 is 53.1 Å². The summed E-state index contributed by atoms with van der Waals surface area (Å²) >= 11 is 12.2. The van der Waals surface area contributed by atoms with Crippen LogP contribution in [0.1, 0.15) is 18.1 Å². The molecule has 0 spiro atoms. The summed E-state index contributed by atoms with van der Waals surface area (Å²) in [6.45, 7) is 1.58. The quantitative estimate of drug-likeness (QED) is 0.322. The second-order valence-electron chi connectivity index (χ2n) is 9.35. The maximum absolute atomic E-state index is 13.9. The van der Waals surface area contributed by atoms with Gasteiger partial charge in [0.15, 0.2) is 0 Å². The molecular weight excluding hydrogens is 575 g/mol. The third-order valence-corrected chi connectivity index (χ3v) is 7.70. The fourth-order valence-electron chi connectivity index (χ4n) is 5.91. The minimum atomic E-state index is -4.93. The molecule has 1 unspecified atom stereocenters. The number of ether oxygens (including phenoxy) is 2. The Morgan fingerprint density at radius 2 is 1.21 bits per heavy atom. The van der Waals surface area contributed by atoms with Gasteiger partial charge in [-0.2, -0.15) is 0 Å². The minimum absolute atomic E-state index is 0.218. The number of alkyl halides is 6. The summed E-state index contributed by atoms with van der Waals surface area (Å²) in [4.78, 5) is 15.0. The van der Waals surface area contributed by atoms with Crippen molar-refractivity contribution >= 4 is 34.8 Å². The van der Waals surface area contributed by atoms with Gasteiger partial charge in [-0.25, -0.2) is 0 Å². The Morgan fingerprint density at radius 3 is 1.54 bits per heavy atom. The number of piperidine rings is 1. The largest absolute Gasteiger partial charge is 0.573 e. The lowest BCUT2D eigenvalue weighted by Crippen LogP contribution is -2.44. The zero-order chi connectivity index (χ0) is 28.5. The summed E-state index contributed by atoms with van der Waals surface area (Å²) in [7, 11) is 0. The van der Waals surface area contributed by atoms with E-state index in [1.165, 1.54) is 42.5 Å². The average Bonchev–Trinajstić information content (AvgIpc) is 3.31. The van der Waals surface area contributed by atoms with Crippen molar-refractivity contribution in [1.29, 1.82) is 0 Å². The van der Waals surface area contributed by atoms with E-state index in [2.05, 4.69) is 9.47 Å². The first-order valence-corrected chi connectivity index (χ1v) is 12.0. The van der Waals surface area contributed by atoms with Crippen LogP contribution in [0.25, 0.3) is 0 Å². The molecule has 0 radical (unpaired) electrons. The van der Waals surface area contributed by atoms with E-state index in [1.54, 1.807) is 6.92 Å². The molecule has 5 rings (SSSR count). The molecule has 39 heavy (non-hydrogen) atoms. The molecule has 1 amide bonds. The van der Waals surface area contributed by atoms with E-state index >= 15 is 0 Å². The number of nitrogens with zero attached hydrogens (tertiary/aromatic N) is 1. The molecule has 1 saturated carbocycles. The monoisotopic (exact) mass is 591 g/mol. The molecule has 13 heteroatoms. The number of carbonyl (C=O) groups excluding carboxylic acids is 1. The number of hydrogen-bond donors (Lipinski definition) is 1. The molecular formula is C26H17Cl2F6NO4. The highest BCUT2D eigenvalue weighted by molar-refractivity contribution is 6.35. The van der Waals surface area contributed by atoms with Gasteiger partial charge in [0, 0.05) is 27.1 Å². The van der Waals surface area contributed by atoms with Gasteiger partial charge in [0.25, 0.3) is 0 Å². The van der Waals surface area contributed by atoms with Crippen LogP contribution in [0, 0.1) is 11.3 Å². The Kier molecular flexibility index (Phi) is 6.28. The van der Waals surface area contributed by atoms with Crippen LogP contribution < -0.4 is 14.4 Å². The lowest BCUT2D eigenvalue weighted by atomic mass is 9.79. The normalized spacial score (nSPS) is 23.9. The first-order valence-electron chi connectivity index (χ1n) is 11.3. The molecule has 3 aromatic carbocycles. The van der Waals surface area contributed by atoms with Gasteiger partial charge in [0.05, 0.1) is 5.41 Å².